The lowest BCUT2D eigenvalue weighted by Gasteiger charge is -2.35. The number of carbonyl (C=O) groups excluding carboxylic acids is 3. The highest BCUT2D eigenvalue weighted by Crippen LogP contribution is 2.30. The standard InChI is InChI=1S/C26H30N4O4S/c1-17-12-30(13-18(2)34-17)26(33)15-29-14-24(22-9-4-5-10-23(22)29)35-16-25(32)28-21-8-6-7-20(11-21)27-19(3)31/h4-11,14,17-18H,12-13,15-16H2,1-3H3,(H,27,31)(H,28,32)/t17-,18-/m0/s1. The van der Waals surface area contributed by atoms with E-state index in [1.165, 1.54) is 18.7 Å². The van der Waals surface area contributed by atoms with Crippen molar-refractivity contribution in [2.45, 2.75) is 44.4 Å². The number of anilines is 2. The fourth-order valence-corrected chi connectivity index (χ4v) is 5.19. The maximum atomic E-state index is 13.0. The smallest absolute Gasteiger partial charge is 0.242 e. The van der Waals surface area contributed by atoms with Crippen molar-refractivity contribution in [3.63, 3.8) is 0 Å². The summed E-state index contributed by atoms with van der Waals surface area (Å²) in [5.74, 6) is -0.0537. The number of para-hydroxylation sites is 1. The van der Waals surface area contributed by atoms with Gasteiger partial charge in [0.2, 0.25) is 17.7 Å². The van der Waals surface area contributed by atoms with Gasteiger partial charge in [-0.2, -0.15) is 0 Å². The lowest BCUT2D eigenvalue weighted by Crippen LogP contribution is -2.49. The third kappa shape index (κ3) is 6.43. The van der Waals surface area contributed by atoms with Crippen LogP contribution in [0.4, 0.5) is 11.4 Å². The van der Waals surface area contributed by atoms with E-state index < -0.39 is 0 Å². The highest BCUT2D eigenvalue weighted by molar-refractivity contribution is 8.00. The molecule has 0 saturated carbocycles. The van der Waals surface area contributed by atoms with Gasteiger partial charge in [-0.15, -0.1) is 11.8 Å². The van der Waals surface area contributed by atoms with Gasteiger partial charge in [0.25, 0.3) is 0 Å². The Labute approximate surface area is 209 Å². The van der Waals surface area contributed by atoms with Crippen LogP contribution in [-0.4, -0.2) is 58.2 Å². The topological polar surface area (TPSA) is 92.7 Å². The minimum Gasteiger partial charge on any atom is -0.372 e. The molecule has 4 rings (SSSR count). The molecule has 1 fully saturated rings. The van der Waals surface area contributed by atoms with Crippen LogP contribution in [0.3, 0.4) is 0 Å². The Morgan fingerprint density at radius 3 is 2.40 bits per heavy atom. The van der Waals surface area contributed by atoms with E-state index in [9.17, 15) is 14.4 Å². The van der Waals surface area contributed by atoms with Crippen molar-refractivity contribution in [2.75, 3.05) is 29.5 Å². The SMILES string of the molecule is CC(=O)Nc1cccc(NC(=O)CSc2cn(CC(=O)N3C[C@H](C)O[C@@H](C)C3)c3ccccc23)c1. The Balaban J connectivity index is 1.42. The van der Waals surface area contributed by atoms with E-state index in [1.807, 2.05) is 53.8 Å². The molecule has 3 aromatic rings. The predicted octanol–water partition coefficient (Wildman–Crippen LogP) is 3.97. The van der Waals surface area contributed by atoms with Crippen molar-refractivity contribution in [1.29, 1.82) is 0 Å². The Kier molecular flexibility index (Phi) is 7.77. The van der Waals surface area contributed by atoms with Crippen LogP contribution in [-0.2, 0) is 25.7 Å². The molecule has 2 aromatic carbocycles. The number of ether oxygens (including phenoxy) is 1. The van der Waals surface area contributed by atoms with Crippen molar-refractivity contribution in [1.82, 2.24) is 9.47 Å². The summed E-state index contributed by atoms with van der Waals surface area (Å²) in [4.78, 5) is 39.7. The van der Waals surface area contributed by atoms with Crippen molar-refractivity contribution >= 4 is 51.8 Å². The van der Waals surface area contributed by atoms with Gasteiger partial charge < -0.3 is 24.8 Å². The lowest BCUT2D eigenvalue weighted by molar-refractivity contribution is -0.143. The first-order chi connectivity index (χ1) is 16.8. The summed E-state index contributed by atoms with van der Waals surface area (Å²) < 4.78 is 7.71. The quantitative estimate of drug-likeness (QED) is 0.485. The van der Waals surface area contributed by atoms with Gasteiger partial charge in [-0.1, -0.05) is 24.3 Å². The van der Waals surface area contributed by atoms with E-state index in [4.69, 9.17) is 4.74 Å². The number of morpholine rings is 1. The normalized spacial score (nSPS) is 17.9. The Hall–Kier alpha value is -3.30. The van der Waals surface area contributed by atoms with Gasteiger partial charge in [0.15, 0.2) is 0 Å². The van der Waals surface area contributed by atoms with E-state index in [-0.39, 0.29) is 42.2 Å². The van der Waals surface area contributed by atoms with Gasteiger partial charge in [0.1, 0.15) is 6.54 Å². The van der Waals surface area contributed by atoms with Crippen LogP contribution in [0.2, 0.25) is 0 Å². The van der Waals surface area contributed by atoms with E-state index in [0.717, 1.165) is 15.8 Å². The lowest BCUT2D eigenvalue weighted by atomic mass is 10.2. The first-order valence-corrected chi connectivity index (χ1v) is 12.6. The van der Waals surface area contributed by atoms with E-state index in [0.29, 0.717) is 24.5 Å². The van der Waals surface area contributed by atoms with Crippen molar-refractivity contribution < 1.29 is 19.1 Å². The molecule has 2 N–H and O–H groups in total. The first kappa shape index (κ1) is 24.8. The van der Waals surface area contributed by atoms with Crippen LogP contribution >= 0.6 is 11.8 Å². The number of hydrogen-bond donors (Lipinski definition) is 2. The molecule has 1 aromatic heterocycles. The summed E-state index contributed by atoms with van der Waals surface area (Å²) in [6.45, 7) is 6.82. The zero-order valence-electron chi connectivity index (χ0n) is 20.1. The maximum absolute atomic E-state index is 13.0. The van der Waals surface area contributed by atoms with Crippen molar-refractivity contribution in [3.05, 3.63) is 54.7 Å². The number of amides is 3. The van der Waals surface area contributed by atoms with Crippen LogP contribution in [0.25, 0.3) is 10.9 Å². The monoisotopic (exact) mass is 494 g/mol. The van der Waals surface area contributed by atoms with Gasteiger partial charge in [-0.3, -0.25) is 14.4 Å². The zero-order valence-corrected chi connectivity index (χ0v) is 20.9. The van der Waals surface area contributed by atoms with Crippen molar-refractivity contribution in [2.24, 2.45) is 0 Å². The second kappa shape index (κ2) is 11.0. The number of nitrogens with zero attached hydrogens (tertiary/aromatic N) is 2. The molecule has 9 heteroatoms. The highest BCUT2D eigenvalue weighted by Gasteiger charge is 2.26. The number of nitrogens with one attached hydrogen (secondary N) is 2. The Morgan fingerprint density at radius 1 is 1.00 bits per heavy atom. The number of fused-ring (bicyclic) bond motifs is 1. The highest BCUT2D eigenvalue weighted by atomic mass is 32.2. The van der Waals surface area contributed by atoms with E-state index in [2.05, 4.69) is 10.6 Å². The number of aromatic nitrogens is 1. The van der Waals surface area contributed by atoms with Crippen LogP contribution in [0, 0.1) is 0 Å². The zero-order chi connectivity index (χ0) is 24.9. The summed E-state index contributed by atoms with van der Waals surface area (Å²) in [7, 11) is 0. The van der Waals surface area contributed by atoms with Gasteiger partial charge in [0.05, 0.1) is 18.0 Å². The number of carbonyl (C=O) groups is 3. The molecule has 2 heterocycles. The number of hydrogen-bond acceptors (Lipinski definition) is 5. The van der Waals surface area contributed by atoms with Crippen LogP contribution in [0.5, 0.6) is 0 Å². The largest absolute Gasteiger partial charge is 0.372 e. The molecule has 0 aliphatic carbocycles. The van der Waals surface area contributed by atoms with E-state index >= 15 is 0 Å². The third-order valence-electron chi connectivity index (χ3n) is 5.66. The second-order valence-electron chi connectivity index (χ2n) is 8.79. The molecule has 1 aliphatic rings. The van der Waals surface area contributed by atoms with Gasteiger partial charge in [-0.25, -0.2) is 0 Å². The third-order valence-corrected chi connectivity index (χ3v) is 6.70. The molecule has 0 bridgehead atoms. The summed E-state index contributed by atoms with van der Waals surface area (Å²) in [5.41, 5.74) is 2.20. The second-order valence-corrected chi connectivity index (χ2v) is 9.81. The van der Waals surface area contributed by atoms with Crippen LogP contribution in [0.1, 0.15) is 20.8 Å². The van der Waals surface area contributed by atoms with Gasteiger partial charge in [-0.05, 0) is 38.1 Å². The molecule has 3 amide bonds. The van der Waals surface area contributed by atoms with Crippen LogP contribution in [0.15, 0.2) is 59.6 Å². The molecule has 8 nitrogen and oxygen atoms in total. The van der Waals surface area contributed by atoms with Gasteiger partial charge in [0, 0.05) is 53.4 Å². The molecule has 2 atom stereocenters. The number of thioether (sulfide) groups is 1. The summed E-state index contributed by atoms with van der Waals surface area (Å²) in [5, 5.41) is 6.59. The molecular weight excluding hydrogens is 464 g/mol. The fraction of sp³-hybridized carbons (Fsp3) is 0.346. The first-order valence-electron chi connectivity index (χ1n) is 11.6. The predicted molar refractivity (Wildman–Crippen MR) is 139 cm³/mol. The average Bonchev–Trinajstić information content (AvgIpc) is 3.14. The summed E-state index contributed by atoms with van der Waals surface area (Å²) in [6, 6.07) is 14.9. The molecule has 0 spiro atoms. The molecule has 1 saturated heterocycles. The maximum Gasteiger partial charge on any atom is 0.242 e. The van der Waals surface area contributed by atoms with E-state index in [1.54, 1.807) is 24.3 Å². The minimum atomic E-state index is -0.170. The average molecular weight is 495 g/mol. The molecule has 184 valence electrons. The number of benzene rings is 2. The molecule has 0 unspecified atom stereocenters. The van der Waals surface area contributed by atoms with Crippen molar-refractivity contribution in [3.8, 4) is 0 Å². The molecular formula is C26H30N4O4S. The van der Waals surface area contributed by atoms with Crippen LogP contribution < -0.4 is 10.6 Å². The minimum absolute atomic E-state index is 0.0210. The molecule has 0 radical (unpaired) electrons. The number of rotatable bonds is 7. The summed E-state index contributed by atoms with van der Waals surface area (Å²) >= 11 is 1.43. The van der Waals surface area contributed by atoms with Gasteiger partial charge >= 0.3 is 0 Å². The molecule has 1 aliphatic heterocycles. The fourth-order valence-electron chi connectivity index (χ4n) is 4.30. The summed E-state index contributed by atoms with van der Waals surface area (Å²) in [6.07, 6.45) is 1.99. The Morgan fingerprint density at radius 2 is 1.69 bits per heavy atom. The Bertz CT molecular complexity index is 1230. The molecule has 35 heavy (non-hydrogen) atoms.